The standard InChI is InChI=1S/C26H36N2O6S/c1-7-28(8-2)35(30,31)21-11-13-23(32-5)22(18-21)27-26(29)14-10-20-9-12-24(25(17-20)33-6)34-16-15-19(3)4/h9-14,17-19H,7-8,15-16H2,1-6H3,(H,27,29)/b14-10+. The summed E-state index contributed by atoms with van der Waals surface area (Å²) in [7, 11) is -0.660. The normalized spacial score (nSPS) is 11.8. The maximum Gasteiger partial charge on any atom is 0.248 e. The van der Waals surface area contributed by atoms with Gasteiger partial charge in [0.2, 0.25) is 15.9 Å². The number of nitrogens with zero attached hydrogens (tertiary/aromatic N) is 1. The van der Waals surface area contributed by atoms with Crippen molar-refractivity contribution in [3.63, 3.8) is 0 Å². The highest BCUT2D eigenvalue weighted by molar-refractivity contribution is 7.89. The molecule has 2 aromatic carbocycles. The molecule has 192 valence electrons. The first-order valence-electron chi connectivity index (χ1n) is 11.6. The summed E-state index contributed by atoms with van der Waals surface area (Å²) < 4.78 is 43.6. The molecule has 0 unspecified atom stereocenters. The van der Waals surface area contributed by atoms with Crippen molar-refractivity contribution in [1.29, 1.82) is 0 Å². The van der Waals surface area contributed by atoms with E-state index in [-0.39, 0.29) is 10.6 Å². The Morgan fingerprint density at radius 3 is 2.26 bits per heavy atom. The van der Waals surface area contributed by atoms with Gasteiger partial charge in [0.25, 0.3) is 0 Å². The van der Waals surface area contributed by atoms with E-state index < -0.39 is 15.9 Å². The van der Waals surface area contributed by atoms with Gasteiger partial charge in [0.05, 0.1) is 31.4 Å². The van der Waals surface area contributed by atoms with Crippen LogP contribution in [0.2, 0.25) is 0 Å². The lowest BCUT2D eigenvalue weighted by molar-refractivity contribution is -0.111. The zero-order chi connectivity index (χ0) is 26.0. The van der Waals surface area contributed by atoms with E-state index in [1.54, 1.807) is 39.2 Å². The molecule has 8 nitrogen and oxygen atoms in total. The van der Waals surface area contributed by atoms with Crippen molar-refractivity contribution >= 4 is 27.7 Å². The molecule has 0 fully saturated rings. The Hall–Kier alpha value is -3.04. The number of anilines is 1. The molecular formula is C26H36N2O6S. The maximum absolute atomic E-state index is 12.9. The third kappa shape index (κ3) is 7.73. The zero-order valence-electron chi connectivity index (χ0n) is 21.3. The second-order valence-corrected chi connectivity index (χ2v) is 10.2. The molecule has 0 saturated heterocycles. The fourth-order valence-electron chi connectivity index (χ4n) is 3.32. The van der Waals surface area contributed by atoms with Gasteiger partial charge in [-0.1, -0.05) is 33.8 Å². The monoisotopic (exact) mass is 504 g/mol. The molecule has 2 aromatic rings. The van der Waals surface area contributed by atoms with E-state index in [4.69, 9.17) is 14.2 Å². The molecule has 1 amide bonds. The van der Waals surface area contributed by atoms with Crippen molar-refractivity contribution in [3.05, 3.63) is 48.0 Å². The third-order valence-corrected chi connectivity index (χ3v) is 7.39. The predicted octanol–water partition coefficient (Wildman–Crippen LogP) is 4.81. The molecule has 0 spiro atoms. The first kappa shape index (κ1) is 28.2. The van der Waals surface area contributed by atoms with Gasteiger partial charge < -0.3 is 19.5 Å². The Labute approximate surface area is 208 Å². The molecule has 0 aliphatic carbocycles. The molecule has 0 aliphatic heterocycles. The van der Waals surface area contributed by atoms with Crippen LogP contribution in [0.15, 0.2) is 47.4 Å². The van der Waals surface area contributed by atoms with Crippen LogP contribution < -0.4 is 19.5 Å². The smallest absolute Gasteiger partial charge is 0.248 e. The second-order valence-electron chi connectivity index (χ2n) is 8.22. The third-order valence-electron chi connectivity index (χ3n) is 5.34. The SMILES string of the molecule is CCN(CC)S(=O)(=O)c1ccc(OC)c(NC(=O)/C=C/c2ccc(OCCC(C)C)c(OC)c2)c1. The van der Waals surface area contributed by atoms with Crippen LogP contribution in [0.4, 0.5) is 5.69 Å². The Bertz CT molecular complexity index is 1120. The second kappa shape index (κ2) is 13.2. The molecule has 0 aromatic heterocycles. The number of hydrogen-bond acceptors (Lipinski definition) is 6. The minimum atomic E-state index is -3.68. The summed E-state index contributed by atoms with van der Waals surface area (Å²) in [4.78, 5) is 12.7. The van der Waals surface area contributed by atoms with Crippen LogP contribution in [0.1, 0.15) is 39.7 Å². The van der Waals surface area contributed by atoms with Crippen LogP contribution >= 0.6 is 0 Å². The summed E-state index contributed by atoms with van der Waals surface area (Å²) in [6, 6.07) is 9.82. The highest BCUT2D eigenvalue weighted by atomic mass is 32.2. The molecular weight excluding hydrogens is 468 g/mol. The Kier molecular flexibility index (Phi) is 10.6. The fourth-order valence-corrected chi connectivity index (χ4v) is 4.80. The first-order chi connectivity index (χ1) is 16.7. The number of amides is 1. The molecule has 0 atom stereocenters. The summed E-state index contributed by atoms with van der Waals surface area (Å²) >= 11 is 0. The van der Waals surface area contributed by atoms with Crippen molar-refractivity contribution in [3.8, 4) is 17.2 Å². The van der Waals surface area contributed by atoms with Gasteiger partial charge in [-0.15, -0.1) is 0 Å². The number of methoxy groups -OCH3 is 2. The van der Waals surface area contributed by atoms with Gasteiger partial charge in [-0.3, -0.25) is 4.79 Å². The minimum Gasteiger partial charge on any atom is -0.495 e. The van der Waals surface area contributed by atoms with Gasteiger partial charge in [-0.05, 0) is 54.3 Å². The van der Waals surface area contributed by atoms with Gasteiger partial charge >= 0.3 is 0 Å². The number of rotatable bonds is 13. The van der Waals surface area contributed by atoms with Crippen LogP contribution in [0.5, 0.6) is 17.2 Å². The van der Waals surface area contributed by atoms with Crippen molar-refractivity contribution in [1.82, 2.24) is 4.31 Å². The Morgan fingerprint density at radius 2 is 1.66 bits per heavy atom. The maximum atomic E-state index is 12.9. The van der Waals surface area contributed by atoms with E-state index in [0.29, 0.717) is 42.9 Å². The lowest BCUT2D eigenvalue weighted by Gasteiger charge is -2.19. The fraction of sp³-hybridized carbons (Fsp3) is 0.423. The number of nitrogens with one attached hydrogen (secondary N) is 1. The lowest BCUT2D eigenvalue weighted by atomic mass is 10.1. The highest BCUT2D eigenvalue weighted by Gasteiger charge is 2.23. The van der Waals surface area contributed by atoms with Crippen LogP contribution in [-0.2, 0) is 14.8 Å². The molecule has 0 aliphatic rings. The van der Waals surface area contributed by atoms with E-state index in [9.17, 15) is 13.2 Å². The number of carbonyl (C=O) groups excluding carboxylic acids is 1. The van der Waals surface area contributed by atoms with Crippen LogP contribution in [0, 0.1) is 5.92 Å². The lowest BCUT2D eigenvalue weighted by Crippen LogP contribution is -2.30. The van der Waals surface area contributed by atoms with Crippen LogP contribution in [-0.4, -0.2) is 52.5 Å². The van der Waals surface area contributed by atoms with Crippen LogP contribution in [0.3, 0.4) is 0 Å². The largest absolute Gasteiger partial charge is 0.495 e. The van der Waals surface area contributed by atoms with Crippen LogP contribution in [0.25, 0.3) is 6.08 Å². The molecule has 9 heteroatoms. The average molecular weight is 505 g/mol. The van der Waals surface area contributed by atoms with E-state index in [0.717, 1.165) is 12.0 Å². The molecule has 0 bridgehead atoms. The average Bonchev–Trinajstić information content (AvgIpc) is 2.83. The van der Waals surface area contributed by atoms with E-state index in [1.807, 2.05) is 6.07 Å². The molecule has 0 saturated carbocycles. The highest BCUT2D eigenvalue weighted by Crippen LogP contribution is 2.30. The molecule has 0 heterocycles. The number of carbonyl (C=O) groups is 1. The van der Waals surface area contributed by atoms with E-state index >= 15 is 0 Å². The van der Waals surface area contributed by atoms with Crippen molar-refractivity contribution in [2.75, 3.05) is 39.2 Å². The Morgan fingerprint density at radius 1 is 1.00 bits per heavy atom. The van der Waals surface area contributed by atoms with E-state index in [2.05, 4.69) is 19.2 Å². The van der Waals surface area contributed by atoms with Gasteiger partial charge in [0.1, 0.15) is 5.75 Å². The number of benzene rings is 2. The van der Waals surface area contributed by atoms with E-state index in [1.165, 1.54) is 35.7 Å². The summed E-state index contributed by atoms with van der Waals surface area (Å²) in [6.45, 7) is 9.11. The molecule has 0 radical (unpaired) electrons. The van der Waals surface area contributed by atoms with Gasteiger partial charge in [-0.2, -0.15) is 4.31 Å². The zero-order valence-corrected chi connectivity index (χ0v) is 22.1. The van der Waals surface area contributed by atoms with Crippen molar-refractivity contribution < 1.29 is 27.4 Å². The van der Waals surface area contributed by atoms with Crippen molar-refractivity contribution in [2.45, 2.75) is 39.0 Å². The summed E-state index contributed by atoms with van der Waals surface area (Å²) in [5.41, 5.74) is 1.01. The minimum absolute atomic E-state index is 0.0825. The molecule has 1 N–H and O–H groups in total. The topological polar surface area (TPSA) is 94.2 Å². The number of ether oxygens (including phenoxy) is 3. The van der Waals surface area contributed by atoms with Gasteiger partial charge in [0, 0.05) is 19.2 Å². The molecule has 35 heavy (non-hydrogen) atoms. The predicted molar refractivity (Wildman–Crippen MR) is 139 cm³/mol. The first-order valence-corrected chi connectivity index (χ1v) is 13.1. The number of sulfonamides is 1. The number of hydrogen-bond donors (Lipinski definition) is 1. The Balaban J connectivity index is 2.19. The van der Waals surface area contributed by atoms with Gasteiger partial charge in [0.15, 0.2) is 11.5 Å². The molecule has 2 rings (SSSR count). The summed E-state index contributed by atoms with van der Waals surface area (Å²) in [5, 5.41) is 2.71. The summed E-state index contributed by atoms with van der Waals surface area (Å²) in [5.74, 6) is 1.68. The summed E-state index contributed by atoms with van der Waals surface area (Å²) in [6.07, 6.45) is 3.93. The quantitative estimate of drug-likeness (QED) is 0.394. The van der Waals surface area contributed by atoms with Gasteiger partial charge in [-0.25, -0.2) is 8.42 Å². The van der Waals surface area contributed by atoms with Crippen molar-refractivity contribution in [2.24, 2.45) is 5.92 Å².